The van der Waals surface area contributed by atoms with Crippen LogP contribution in [0.4, 0.5) is 0 Å². The Bertz CT molecular complexity index is 331. The molecule has 1 saturated carbocycles. The number of carbonyl (C=O) groups is 1. The normalized spacial score (nSPS) is 26.3. The van der Waals surface area contributed by atoms with Crippen LogP contribution < -0.4 is 0 Å². The number of rotatable bonds is 5. The van der Waals surface area contributed by atoms with E-state index < -0.39 is 19.1 Å². The van der Waals surface area contributed by atoms with E-state index in [-0.39, 0.29) is 5.04 Å². The van der Waals surface area contributed by atoms with Crippen molar-refractivity contribution in [2.75, 3.05) is 0 Å². The summed E-state index contributed by atoms with van der Waals surface area (Å²) in [5.74, 6) is -0.223. The molecule has 0 amide bonds. The molecule has 5 heteroatoms. The van der Waals surface area contributed by atoms with E-state index in [0.29, 0.717) is 12.0 Å². The summed E-state index contributed by atoms with van der Waals surface area (Å²) in [6.45, 7) is 11.4. The van der Waals surface area contributed by atoms with Gasteiger partial charge in [0, 0.05) is 6.10 Å². The van der Waals surface area contributed by atoms with E-state index in [9.17, 15) is 4.79 Å². The molecular formula is C15H29BrO3Si. The fraction of sp³-hybridized carbons (Fsp3) is 0.933. The summed E-state index contributed by atoms with van der Waals surface area (Å²) in [5.41, 5.74) is 0. The Morgan fingerprint density at radius 1 is 1.30 bits per heavy atom. The van der Waals surface area contributed by atoms with Gasteiger partial charge in [-0.2, -0.15) is 0 Å². The zero-order valence-electron chi connectivity index (χ0n) is 13.4. The van der Waals surface area contributed by atoms with Gasteiger partial charge >= 0.3 is 5.97 Å². The average molecular weight is 365 g/mol. The Labute approximate surface area is 132 Å². The Morgan fingerprint density at radius 3 is 2.20 bits per heavy atom. The Balaban J connectivity index is 2.41. The minimum Gasteiger partial charge on any atom is -0.480 e. The fourth-order valence-electron chi connectivity index (χ4n) is 2.47. The highest BCUT2D eigenvalue weighted by Crippen LogP contribution is 2.40. The van der Waals surface area contributed by atoms with Gasteiger partial charge in [0.25, 0.3) is 0 Å². The van der Waals surface area contributed by atoms with Crippen molar-refractivity contribution >= 4 is 30.2 Å². The summed E-state index contributed by atoms with van der Waals surface area (Å²) < 4.78 is 6.45. The van der Waals surface area contributed by atoms with E-state index in [0.717, 1.165) is 32.1 Å². The van der Waals surface area contributed by atoms with Gasteiger partial charge in [0.15, 0.2) is 8.32 Å². The van der Waals surface area contributed by atoms with Crippen molar-refractivity contribution in [3.05, 3.63) is 0 Å². The maximum absolute atomic E-state index is 10.9. The number of aliphatic carboxylic acids is 1. The molecule has 3 nitrogen and oxygen atoms in total. The smallest absolute Gasteiger partial charge is 0.317 e. The number of alkyl halides is 1. The van der Waals surface area contributed by atoms with Gasteiger partial charge in [0.05, 0.1) is 0 Å². The molecule has 0 bridgehead atoms. The van der Waals surface area contributed by atoms with Crippen LogP contribution in [0.1, 0.15) is 52.9 Å². The lowest BCUT2D eigenvalue weighted by atomic mass is 9.84. The van der Waals surface area contributed by atoms with Gasteiger partial charge in [-0.1, -0.05) is 36.7 Å². The van der Waals surface area contributed by atoms with Gasteiger partial charge in [-0.15, -0.1) is 0 Å². The number of carboxylic acids is 1. The minimum absolute atomic E-state index is 0.258. The summed E-state index contributed by atoms with van der Waals surface area (Å²) in [4.78, 5) is 10.5. The quantitative estimate of drug-likeness (QED) is 0.562. The number of hydrogen-bond acceptors (Lipinski definition) is 2. The lowest BCUT2D eigenvalue weighted by Crippen LogP contribution is -2.44. The van der Waals surface area contributed by atoms with Gasteiger partial charge in [-0.3, -0.25) is 4.79 Å². The molecule has 0 aromatic heterocycles. The molecule has 0 saturated heterocycles. The zero-order valence-corrected chi connectivity index (χ0v) is 16.0. The molecule has 0 aromatic carbocycles. The first-order chi connectivity index (χ1) is 9.03. The molecule has 0 heterocycles. The summed E-state index contributed by atoms with van der Waals surface area (Å²) >= 11 is 3.24. The second-order valence-electron chi connectivity index (χ2n) is 7.56. The Hall–Kier alpha value is 0.127. The Kier molecular flexibility index (Phi) is 6.29. The molecule has 0 aromatic rings. The lowest BCUT2D eigenvalue weighted by Gasteiger charge is -2.41. The molecular weight excluding hydrogens is 336 g/mol. The highest BCUT2D eigenvalue weighted by molar-refractivity contribution is 9.10. The van der Waals surface area contributed by atoms with Crippen LogP contribution in [-0.2, 0) is 9.22 Å². The zero-order chi connectivity index (χ0) is 15.6. The predicted octanol–water partition coefficient (Wildman–Crippen LogP) is 4.81. The first kappa shape index (κ1) is 18.2. The van der Waals surface area contributed by atoms with Crippen LogP contribution in [0.15, 0.2) is 0 Å². The van der Waals surface area contributed by atoms with Gasteiger partial charge in [0.2, 0.25) is 0 Å². The van der Waals surface area contributed by atoms with Crippen molar-refractivity contribution in [1.82, 2.24) is 0 Å². The number of hydrogen-bond donors (Lipinski definition) is 1. The molecule has 1 unspecified atom stereocenters. The van der Waals surface area contributed by atoms with Crippen molar-refractivity contribution in [2.45, 2.75) is 81.9 Å². The van der Waals surface area contributed by atoms with Gasteiger partial charge in [-0.25, -0.2) is 0 Å². The van der Waals surface area contributed by atoms with E-state index >= 15 is 0 Å². The van der Waals surface area contributed by atoms with Gasteiger partial charge < -0.3 is 9.53 Å². The van der Waals surface area contributed by atoms with Crippen molar-refractivity contribution in [3.63, 3.8) is 0 Å². The van der Waals surface area contributed by atoms with Crippen LogP contribution in [0.2, 0.25) is 18.1 Å². The Morgan fingerprint density at radius 2 is 1.80 bits per heavy atom. The average Bonchev–Trinajstić information content (AvgIpc) is 2.29. The molecule has 1 aliphatic carbocycles. The third-order valence-corrected chi connectivity index (χ3v) is 10.2. The summed E-state index contributed by atoms with van der Waals surface area (Å²) in [5, 5.41) is 9.20. The second-order valence-corrected chi connectivity index (χ2v) is 13.4. The largest absolute Gasteiger partial charge is 0.480 e. The van der Waals surface area contributed by atoms with Crippen LogP contribution in [0.25, 0.3) is 0 Å². The molecule has 1 N–H and O–H groups in total. The minimum atomic E-state index is -1.67. The number of halogens is 1. The molecule has 20 heavy (non-hydrogen) atoms. The van der Waals surface area contributed by atoms with Crippen LogP contribution in [0.3, 0.4) is 0 Å². The highest BCUT2D eigenvalue weighted by atomic mass is 79.9. The van der Waals surface area contributed by atoms with Crippen molar-refractivity contribution in [1.29, 1.82) is 0 Å². The van der Waals surface area contributed by atoms with Crippen LogP contribution in [0.5, 0.6) is 0 Å². The van der Waals surface area contributed by atoms with E-state index in [1.807, 2.05) is 0 Å². The van der Waals surface area contributed by atoms with Crippen molar-refractivity contribution < 1.29 is 14.3 Å². The first-order valence-corrected chi connectivity index (χ1v) is 11.4. The molecule has 1 atom stereocenters. The van der Waals surface area contributed by atoms with Crippen LogP contribution >= 0.6 is 15.9 Å². The SMILES string of the molecule is CC(C)(C)[Si](C)(C)OC1CCC(CC(Br)C(=O)O)CC1. The highest BCUT2D eigenvalue weighted by Gasteiger charge is 2.39. The third kappa shape index (κ3) is 5.15. The topological polar surface area (TPSA) is 46.5 Å². The predicted molar refractivity (Wildman–Crippen MR) is 89.0 cm³/mol. The van der Waals surface area contributed by atoms with Crippen LogP contribution in [0, 0.1) is 5.92 Å². The van der Waals surface area contributed by atoms with E-state index in [4.69, 9.17) is 9.53 Å². The molecule has 0 spiro atoms. The van der Waals surface area contributed by atoms with Gasteiger partial charge in [0.1, 0.15) is 4.83 Å². The molecule has 0 radical (unpaired) electrons. The van der Waals surface area contributed by atoms with Crippen molar-refractivity contribution in [2.24, 2.45) is 5.92 Å². The van der Waals surface area contributed by atoms with Crippen molar-refractivity contribution in [3.8, 4) is 0 Å². The maximum Gasteiger partial charge on any atom is 0.317 e. The van der Waals surface area contributed by atoms with E-state index in [1.165, 1.54) is 0 Å². The monoisotopic (exact) mass is 364 g/mol. The molecule has 1 fully saturated rings. The molecule has 0 aliphatic heterocycles. The summed E-state index contributed by atoms with van der Waals surface area (Å²) in [6, 6.07) is 0. The molecule has 1 aliphatic rings. The van der Waals surface area contributed by atoms with E-state index in [2.05, 4.69) is 49.8 Å². The lowest BCUT2D eigenvalue weighted by molar-refractivity contribution is -0.136. The molecule has 118 valence electrons. The fourth-order valence-corrected chi connectivity index (χ4v) is 4.42. The van der Waals surface area contributed by atoms with Crippen LogP contribution in [-0.4, -0.2) is 30.3 Å². The number of carboxylic acid groups (broad SMARTS) is 1. The summed E-state index contributed by atoms with van der Waals surface area (Å²) in [7, 11) is -1.67. The second kappa shape index (κ2) is 6.92. The van der Waals surface area contributed by atoms with Gasteiger partial charge in [-0.05, 0) is 56.2 Å². The first-order valence-electron chi connectivity index (χ1n) is 7.57. The van der Waals surface area contributed by atoms with E-state index in [1.54, 1.807) is 0 Å². The summed E-state index contributed by atoms with van der Waals surface area (Å²) in [6.07, 6.45) is 5.46. The molecule has 1 rings (SSSR count). The maximum atomic E-state index is 10.9. The third-order valence-electron chi connectivity index (χ3n) is 4.87. The standard InChI is InChI=1S/C15H29BrO3Si/c1-15(2,3)20(4,5)19-12-8-6-11(7-9-12)10-13(16)14(17)18/h11-13H,6-10H2,1-5H3,(H,17,18).